The largest absolute Gasteiger partial charge is 0.369 e. The Labute approximate surface area is 113 Å². The molecular weight excluding hydrogens is 278 g/mol. The van der Waals surface area contributed by atoms with E-state index >= 15 is 0 Å². The van der Waals surface area contributed by atoms with Crippen LogP contribution >= 0.6 is 15.9 Å². The van der Waals surface area contributed by atoms with Gasteiger partial charge in [-0.05, 0) is 30.9 Å². The average molecular weight is 300 g/mol. The Hall–Kier alpha value is -0.380. The maximum Gasteiger partial charge on any atom is 0.0961 e. The third kappa shape index (κ3) is 4.78. The predicted octanol–water partition coefficient (Wildman–Crippen LogP) is 3.90. The van der Waals surface area contributed by atoms with E-state index in [0.717, 1.165) is 16.5 Å². The summed E-state index contributed by atoms with van der Waals surface area (Å²) in [4.78, 5) is 0. The minimum Gasteiger partial charge on any atom is -0.369 e. The molecule has 0 radical (unpaired) electrons. The number of ether oxygens (including phenoxy) is 1. The van der Waals surface area contributed by atoms with Gasteiger partial charge >= 0.3 is 0 Å². The summed E-state index contributed by atoms with van der Waals surface area (Å²) in [6, 6.07) is 8.09. The van der Waals surface area contributed by atoms with Crippen molar-refractivity contribution in [2.45, 2.75) is 39.4 Å². The molecule has 1 aromatic carbocycles. The van der Waals surface area contributed by atoms with E-state index in [0.29, 0.717) is 12.5 Å². The van der Waals surface area contributed by atoms with Crippen LogP contribution in [0.3, 0.4) is 0 Å². The number of hydrogen-bond acceptors (Lipinski definition) is 2. The Bertz CT molecular complexity index is 341. The summed E-state index contributed by atoms with van der Waals surface area (Å²) in [7, 11) is 0. The van der Waals surface area contributed by atoms with Gasteiger partial charge in [0.1, 0.15) is 0 Å². The van der Waals surface area contributed by atoms with Crippen molar-refractivity contribution in [1.29, 1.82) is 0 Å². The zero-order valence-electron chi connectivity index (χ0n) is 10.8. The van der Waals surface area contributed by atoms with E-state index in [9.17, 15) is 0 Å². The lowest BCUT2D eigenvalue weighted by atomic mass is 10.1. The summed E-state index contributed by atoms with van der Waals surface area (Å²) < 4.78 is 7.08. The van der Waals surface area contributed by atoms with Crippen LogP contribution in [0.5, 0.6) is 0 Å². The molecule has 0 aromatic heterocycles. The standard InChI is InChI=1S/C14H22BrNO/c1-10(2)8-11(3)17-14(9-16)12-6-4-5-7-13(12)15/h4-7,10-11,14H,8-9,16H2,1-3H3. The molecule has 0 saturated carbocycles. The number of benzene rings is 1. The topological polar surface area (TPSA) is 35.2 Å². The van der Waals surface area contributed by atoms with Crippen LogP contribution in [0.25, 0.3) is 0 Å². The Balaban J connectivity index is 2.69. The molecule has 3 heteroatoms. The highest BCUT2D eigenvalue weighted by molar-refractivity contribution is 9.10. The Morgan fingerprint density at radius 1 is 1.24 bits per heavy atom. The SMILES string of the molecule is CC(C)CC(C)OC(CN)c1ccccc1Br. The molecule has 0 bridgehead atoms. The molecule has 0 aliphatic heterocycles. The lowest BCUT2D eigenvalue weighted by molar-refractivity contribution is -0.00875. The van der Waals surface area contributed by atoms with Gasteiger partial charge in [-0.3, -0.25) is 0 Å². The summed E-state index contributed by atoms with van der Waals surface area (Å²) in [6.45, 7) is 7.02. The summed E-state index contributed by atoms with van der Waals surface area (Å²) in [6.07, 6.45) is 1.26. The van der Waals surface area contributed by atoms with Crippen molar-refractivity contribution >= 4 is 15.9 Å². The second-order valence-corrected chi connectivity index (χ2v) is 5.68. The fourth-order valence-corrected chi connectivity index (χ4v) is 2.53. The van der Waals surface area contributed by atoms with Gasteiger partial charge in [0.05, 0.1) is 12.2 Å². The van der Waals surface area contributed by atoms with E-state index in [4.69, 9.17) is 10.5 Å². The molecule has 1 aromatic rings. The van der Waals surface area contributed by atoms with Crippen LogP contribution in [0, 0.1) is 5.92 Å². The first kappa shape index (κ1) is 14.7. The quantitative estimate of drug-likeness (QED) is 0.864. The Kier molecular flexibility index (Phi) is 6.17. The van der Waals surface area contributed by atoms with Crippen molar-refractivity contribution < 1.29 is 4.74 Å². The lowest BCUT2D eigenvalue weighted by Gasteiger charge is -2.23. The molecule has 2 N–H and O–H groups in total. The van der Waals surface area contributed by atoms with Crippen LogP contribution < -0.4 is 5.73 Å². The van der Waals surface area contributed by atoms with Gasteiger partial charge in [0, 0.05) is 11.0 Å². The van der Waals surface area contributed by atoms with Crippen molar-refractivity contribution in [3.63, 3.8) is 0 Å². The Morgan fingerprint density at radius 3 is 2.41 bits per heavy atom. The van der Waals surface area contributed by atoms with Crippen LogP contribution in [-0.4, -0.2) is 12.6 Å². The lowest BCUT2D eigenvalue weighted by Crippen LogP contribution is -2.22. The predicted molar refractivity (Wildman–Crippen MR) is 75.9 cm³/mol. The van der Waals surface area contributed by atoms with Gasteiger partial charge in [-0.15, -0.1) is 0 Å². The summed E-state index contributed by atoms with van der Waals surface area (Å²) in [5.74, 6) is 0.641. The highest BCUT2D eigenvalue weighted by atomic mass is 79.9. The minimum atomic E-state index is -0.0284. The number of rotatable bonds is 6. The molecule has 2 nitrogen and oxygen atoms in total. The zero-order valence-corrected chi connectivity index (χ0v) is 12.4. The third-order valence-electron chi connectivity index (χ3n) is 2.67. The first-order valence-corrected chi connectivity index (χ1v) is 6.93. The molecule has 0 heterocycles. The fourth-order valence-electron chi connectivity index (χ4n) is 1.99. The number of halogens is 1. The molecule has 17 heavy (non-hydrogen) atoms. The van der Waals surface area contributed by atoms with Gasteiger partial charge < -0.3 is 10.5 Å². The van der Waals surface area contributed by atoms with Crippen molar-refractivity contribution in [2.75, 3.05) is 6.54 Å². The molecule has 96 valence electrons. The summed E-state index contributed by atoms with van der Waals surface area (Å²) in [5, 5.41) is 0. The smallest absolute Gasteiger partial charge is 0.0961 e. The van der Waals surface area contributed by atoms with E-state index in [1.54, 1.807) is 0 Å². The van der Waals surface area contributed by atoms with E-state index in [1.165, 1.54) is 0 Å². The highest BCUT2D eigenvalue weighted by Gasteiger charge is 2.16. The van der Waals surface area contributed by atoms with E-state index in [-0.39, 0.29) is 12.2 Å². The molecule has 0 amide bonds. The molecule has 0 saturated heterocycles. The number of hydrogen-bond donors (Lipinski definition) is 1. The van der Waals surface area contributed by atoms with Crippen molar-refractivity contribution in [3.8, 4) is 0 Å². The van der Waals surface area contributed by atoms with E-state index in [1.807, 2.05) is 18.2 Å². The van der Waals surface area contributed by atoms with Gasteiger partial charge in [-0.25, -0.2) is 0 Å². The highest BCUT2D eigenvalue weighted by Crippen LogP contribution is 2.27. The molecule has 0 spiro atoms. The maximum atomic E-state index is 6.02. The summed E-state index contributed by atoms with van der Waals surface area (Å²) >= 11 is 3.54. The first-order valence-electron chi connectivity index (χ1n) is 6.14. The molecular formula is C14H22BrNO. The van der Waals surface area contributed by atoms with E-state index < -0.39 is 0 Å². The van der Waals surface area contributed by atoms with Gasteiger partial charge in [0.2, 0.25) is 0 Å². The first-order chi connectivity index (χ1) is 8.04. The number of nitrogens with two attached hydrogens (primary N) is 1. The normalized spacial score (nSPS) is 14.9. The molecule has 2 unspecified atom stereocenters. The van der Waals surface area contributed by atoms with Gasteiger partial charge in [-0.2, -0.15) is 0 Å². The monoisotopic (exact) mass is 299 g/mol. The third-order valence-corrected chi connectivity index (χ3v) is 3.39. The van der Waals surface area contributed by atoms with Crippen LogP contribution in [0.15, 0.2) is 28.7 Å². The fraction of sp³-hybridized carbons (Fsp3) is 0.571. The van der Waals surface area contributed by atoms with Crippen LogP contribution in [0.2, 0.25) is 0 Å². The molecule has 2 atom stereocenters. The zero-order chi connectivity index (χ0) is 12.8. The molecule has 0 fully saturated rings. The minimum absolute atomic E-state index is 0.0284. The van der Waals surface area contributed by atoms with Crippen LogP contribution in [-0.2, 0) is 4.74 Å². The van der Waals surface area contributed by atoms with Gasteiger partial charge in [-0.1, -0.05) is 48.0 Å². The van der Waals surface area contributed by atoms with Crippen LogP contribution in [0.4, 0.5) is 0 Å². The second-order valence-electron chi connectivity index (χ2n) is 4.82. The van der Waals surface area contributed by atoms with Crippen molar-refractivity contribution in [3.05, 3.63) is 34.3 Å². The Morgan fingerprint density at radius 2 is 1.88 bits per heavy atom. The molecule has 0 aliphatic rings. The average Bonchev–Trinajstić information content (AvgIpc) is 2.26. The van der Waals surface area contributed by atoms with Gasteiger partial charge in [0.25, 0.3) is 0 Å². The van der Waals surface area contributed by atoms with Crippen molar-refractivity contribution in [1.82, 2.24) is 0 Å². The van der Waals surface area contributed by atoms with Gasteiger partial charge in [0.15, 0.2) is 0 Å². The molecule has 1 rings (SSSR count). The van der Waals surface area contributed by atoms with Crippen molar-refractivity contribution in [2.24, 2.45) is 11.7 Å². The van der Waals surface area contributed by atoms with Crippen LogP contribution in [0.1, 0.15) is 38.9 Å². The maximum absolute atomic E-state index is 6.02. The summed E-state index contributed by atoms with van der Waals surface area (Å²) in [5.41, 5.74) is 6.94. The second kappa shape index (κ2) is 7.14. The molecule has 0 aliphatic carbocycles. The van der Waals surface area contributed by atoms with E-state index in [2.05, 4.69) is 42.8 Å².